The molecule has 2 rings (SSSR count). The summed E-state index contributed by atoms with van der Waals surface area (Å²) in [5.74, 6) is -0.0897. The monoisotopic (exact) mass is 392 g/mol. The summed E-state index contributed by atoms with van der Waals surface area (Å²) in [5, 5.41) is 4.89. The van der Waals surface area contributed by atoms with E-state index in [0.29, 0.717) is 17.0 Å². The van der Waals surface area contributed by atoms with Gasteiger partial charge in [0.25, 0.3) is 0 Å². The Morgan fingerprint density at radius 1 is 1.16 bits per heavy atom. The average molecular weight is 393 g/mol. The van der Waals surface area contributed by atoms with E-state index in [1.165, 1.54) is 30.0 Å². The van der Waals surface area contributed by atoms with Gasteiger partial charge in [-0.3, -0.25) is 0 Å². The number of halogens is 5. The van der Waals surface area contributed by atoms with E-state index in [9.17, 15) is 22.4 Å². The highest BCUT2D eigenvalue weighted by molar-refractivity contribution is 7.98. The summed E-state index contributed by atoms with van der Waals surface area (Å²) in [6.45, 7) is 0. The number of thioether (sulfide) groups is 1. The molecule has 0 aliphatic heterocycles. The van der Waals surface area contributed by atoms with Crippen molar-refractivity contribution in [2.75, 3.05) is 11.2 Å². The van der Waals surface area contributed by atoms with E-state index in [0.717, 1.165) is 18.2 Å². The van der Waals surface area contributed by atoms with Crippen LogP contribution in [-0.2, 0) is 11.9 Å². The van der Waals surface area contributed by atoms with Gasteiger partial charge in [-0.2, -0.15) is 13.2 Å². The van der Waals surface area contributed by atoms with Gasteiger partial charge in [0.1, 0.15) is 5.82 Å². The minimum Gasteiger partial charge on any atom is -0.329 e. The van der Waals surface area contributed by atoms with E-state index in [4.69, 9.17) is 11.6 Å². The van der Waals surface area contributed by atoms with Crippen molar-refractivity contribution in [3.05, 3.63) is 64.4 Å². The lowest BCUT2D eigenvalue weighted by molar-refractivity contribution is -0.137. The van der Waals surface area contributed by atoms with Crippen LogP contribution in [0.25, 0.3) is 0 Å². The Hall–Kier alpha value is -1.93. The van der Waals surface area contributed by atoms with Gasteiger partial charge in [0, 0.05) is 11.4 Å². The van der Waals surface area contributed by atoms with E-state index in [2.05, 4.69) is 10.6 Å². The number of nitrogens with one attached hydrogen (secondary N) is 2. The van der Waals surface area contributed by atoms with Crippen molar-refractivity contribution in [3.8, 4) is 0 Å². The lowest BCUT2D eigenvalue weighted by Crippen LogP contribution is -2.28. The van der Waals surface area contributed by atoms with Gasteiger partial charge in [0.2, 0.25) is 0 Å². The van der Waals surface area contributed by atoms with Crippen LogP contribution in [0.2, 0.25) is 5.02 Å². The molecule has 25 heavy (non-hydrogen) atoms. The Balaban J connectivity index is 1.77. The van der Waals surface area contributed by atoms with Crippen LogP contribution in [-0.4, -0.2) is 11.9 Å². The van der Waals surface area contributed by atoms with Crippen LogP contribution in [0.4, 0.5) is 28.0 Å². The molecule has 2 aromatic carbocycles. The van der Waals surface area contributed by atoms with Crippen molar-refractivity contribution < 1.29 is 22.4 Å². The Labute approximate surface area is 150 Å². The van der Waals surface area contributed by atoms with E-state index in [-0.39, 0.29) is 10.9 Å². The summed E-state index contributed by atoms with van der Waals surface area (Å²) in [4.78, 5) is 11.7. The van der Waals surface area contributed by atoms with Gasteiger partial charge in [0.15, 0.2) is 0 Å². The highest BCUT2D eigenvalue weighted by Crippen LogP contribution is 2.30. The molecular weight excluding hydrogens is 380 g/mol. The first-order valence-electron chi connectivity index (χ1n) is 6.99. The van der Waals surface area contributed by atoms with Crippen LogP contribution in [0, 0.1) is 5.82 Å². The molecule has 0 saturated carbocycles. The van der Waals surface area contributed by atoms with Crippen LogP contribution in [0.3, 0.4) is 0 Å². The molecule has 0 spiro atoms. The topological polar surface area (TPSA) is 41.1 Å². The van der Waals surface area contributed by atoms with E-state index < -0.39 is 23.6 Å². The zero-order valence-electron chi connectivity index (χ0n) is 12.7. The number of anilines is 1. The van der Waals surface area contributed by atoms with Crippen LogP contribution < -0.4 is 10.6 Å². The number of rotatable bonds is 5. The number of hydrogen-bond donors (Lipinski definition) is 2. The fourth-order valence-electron chi connectivity index (χ4n) is 1.87. The number of hydrogen-bond acceptors (Lipinski definition) is 2. The van der Waals surface area contributed by atoms with Crippen molar-refractivity contribution in [2.24, 2.45) is 0 Å². The van der Waals surface area contributed by atoms with Crippen LogP contribution in [0.5, 0.6) is 0 Å². The summed E-state index contributed by atoms with van der Waals surface area (Å²) in [6, 6.07) is 8.24. The second-order valence-electron chi connectivity index (χ2n) is 4.95. The van der Waals surface area contributed by atoms with Crippen LogP contribution >= 0.6 is 23.4 Å². The first kappa shape index (κ1) is 19.4. The Morgan fingerprint density at radius 3 is 2.60 bits per heavy atom. The smallest absolute Gasteiger partial charge is 0.329 e. The van der Waals surface area contributed by atoms with Gasteiger partial charge < -0.3 is 10.6 Å². The number of amides is 2. The van der Waals surface area contributed by atoms with Crippen molar-refractivity contribution in [1.29, 1.82) is 0 Å². The maximum atomic E-state index is 13.0. The third-order valence-electron chi connectivity index (χ3n) is 3.04. The molecule has 2 N–H and O–H groups in total. The normalized spacial score (nSPS) is 11.2. The molecule has 0 radical (unpaired) electrons. The van der Waals surface area contributed by atoms with E-state index >= 15 is 0 Å². The minimum absolute atomic E-state index is 0.114. The fourth-order valence-corrected chi connectivity index (χ4v) is 2.80. The molecule has 0 heterocycles. The Kier molecular flexibility index (Phi) is 6.55. The molecule has 0 aliphatic carbocycles. The van der Waals surface area contributed by atoms with Crippen LogP contribution in [0.15, 0.2) is 42.5 Å². The SMILES string of the molecule is O=C(NCSCc1cccc(C(F)(F)F)c1)Nc1ccc(F)c(Cl)c1. The molecule has 3 nitrogen and oxygen atoms in total. The Bertz CT molecular complexity index is 755. The highest BCUT2D eigenvalue weighted by Gasteiger charge is 2.30. The van der Waals surface area contributed by atoms with Gasteiger partial charge in [-0.05, 0) is 29.8 Å². The number of alkyl halides is 3. The molecule has 0 saturated heterocycles. The van der Waals surface area contributed by atoms with Crippen LogP contribution in [0.1, 0.15) is 11.1 Å². The summed E-state index contributed by atoms with van der Waals surface area (Å²) >= 11 is 6.85. The highest BCUT2D eigenvalue weighted by atomic mass is 35.5. The molecule has 134 valence electrons. The molecule has 0 aliphatic rings. The number of benzene rings is 2. The second kappa shape index (κ2) is 8.44. The molecule has 0 aromatic heterocycles. The first-order valence-corrected chi connectivity index (χ1v) is 8.53. The quantitative estimate of drug-likeness (QED) is 0.400. The lowest BCUT2D eigenvalue weighted by Gasteiger charge is -2.10. The van der Waals surface area contributed by atoms with Gasteiger partial charge in [-0.1, -0.05) is 29.8 Å². The summed E-state index contributed by atoms with van der Waals surface area (Å²) < 4.78 is 50.9. The molecule has 9 heteroatoms. The molecule has 0 bridgehead atoms. The summed E-state index contributed by atoms with van der Waals surface area (Å²) in [5.41, 5.74) is 0.128. The third kappa shape index (κ3) is 6.13. The lowest BCUT2D eigenvalue weighted by atomic mass is 10.1. The van der Waals surface area contributed by atoms with Gasteiger partial charge in [-0.15, -0.1) is 11.8 Å². The number of carbonyl (C=O) groups is 1. The molecule has 2 aromatic rings. The van der Waals surface area contributed by atoms with Gasteiger partial charge in [-0.25, -0.2) is 9.18 Å². The van der Waals surface area contributed by atoms with Gasteiger partial charge in [0.05, 0.1) is 16.5 Å². The van der Waals surface area contributed by atoms with E-state index in [1.54, 1.807) is 6.07 Å². The molecule has 2 amide bonds. The average Bonchev–Trinajstić information content (AvgIpc) is 2.55. The summed E-state index contributed by atoms with van der Waals surface area (Å²) in [7, 11) is 0. The third-order valence-corrected chi connectivity index (χ3v) is 4.21. The first-order chi connectivity index (χ1) is 11.8. The zero-order chi connectivity index (χ0) is 18.4. The van der Waals surface area contributed by atoms with Crippen molar-refractivity contribution >= 4 is 35.1 Å². The van der Waals surface area contributed by atoms with Crippen molar-refractivity contribution in [3.63, 3.8) is 0 Å². The van der Waals surface area contributed by atoms with Crippen molar-refractivity contribution in [2.45, 2.75) is 11.9 Å². The second-order valence-corrected chi connectivity index (χ2v) is 6.34. The molecule has 0 atom stereocenters. The Morgan fingerprint density at radius 2 is 1.92 bits per heavy atom. The number of carbonyl (C=O) groups excluding carboxylic acids is 1. The molecular formula is C16H13ClF4N2OS. The standard InChI is InChI=1S/C16H13ClF4N2OS/c17-13-7-12(4-5-14(13)18)23-15(24)22-9-25-8-10-2-1-3-11(6-10)16(19,20)21/h1-7H,8-9H2,(H2,22,23,24). The summed E-state index contributed by atoms with van der Waals surface area (Å²) in [6.07, 6.45) is -4.38. The predicted molar refractivity (Wildman–Crippen MR) is 91.2 cm³/mol. The maximum Gasteiger partial charge on any atom is 0.416 e. The van der Waals surface area contributed by atoms with Gasteiger partial charge >= 0.3 is 12.2 Å². The minimum atomic E-state index is -4.38. The zero-order valence-corrected chi connectivity index (χ0v) is 14.2. The van der Waals surface area contributed by atoms with Crippen molar-refractivity contribution in [1.82, 2.24) is 5.32 Å². The molecule has 0 unspecified atom stereocenters. The number of urea groups is 1. The largest absolute Gasteiger partial charge is 0.416 e. The maximum absolute atomic E-state index is 13.0. The molecule has 0 fully saturated rings. The fraction of sp³-hybridized carbons (Fsp3) is 0.188. The predicted octanol–water partition coefficient (Wildman–Crippen LogP) is 5.51. The van der Waals surface area contributed by atoms with E-state index in [1.807, 2.05) is 0 Å².